The van der Waals surface area contributed by atoms with Gasteiger partial charge in [0.1, 0.15) is 23.0 Å². The van der Waals surface area contributed by atoms with Gasteiger partial charge in [-0.05, 0) is 52.3 Å². The molecule has 2 amide bonds. The molecule has 11 heteroatoms. The zero-order valence-electron chi connectivity index (χ0n) is 20.6. The van der Waals surface area contributed by atoms with Crippen molar-refractivity contribution >= 4 is 54.4 Å². The van der Waals surface area contributed by atoms with Crippen molar-refractivity contribution in [3.63, 3.8) is 0 Å². The van der Waals surface area contributed by atoms with Gasteiger partial charge in [0.15, 0.2) is 6.10 Å². The molecule has 3 heterocycles. The SMILES string of the molecule is COc1ccc2[nH]c(CC(NC(=O)OCc3cnc4ccccc4c3)C(=O)NC[C@H]3CC(Br)=NO3)cc2c1. The van der Waals surface area contributed by atoms with E-state index in [4.69, 9.17) is 14.3 Å². The molecule has 2 aromatic heterocycles. The molecule has 2 aromatic carbocycles. The molecule has 10 nitrogen and oxygen atoms in total. The molecule has 0 fully saturated rings. The van der Waals surface area contributed by atoms with Crippen LogP contribution in [0.3, 0.4) is 0 Å². The molecule has 0 spiro atoms. The molecule has 0 saturated heterocycles. The van der Waals surface area contributed by atoms with Crippen molar-refractivity contribution in [3.8, 4) is 5.75 Å². The maximum Gasteiger partial charge on any atom is 0.408 e. The Morgan fingerprint density at radius 3 is 2.87 bits per heavy atom. The fourth-order valence-corrected chi connectivity index (χ4v) is 4.65. The lowest BCUT2D eigenvalue weighted by atomic mass is 10.1. The molecule has 1 unspecified atom stereocenters. The van der Waals surface area contributed by atoms with E-state index in [0.717, 1.165) is 38.8 Å². The molecule has 0 saturated carbocycles. The Labute approximate surface area is 226 Å². The highest BCUT2D eigenvalue weighted by Crippen LogP contribution is 2.22. The van der Waals surface area contributed by atoms with Crippen LogP contribution in [0.5, 0.6) is 5.75 Å². The van der Waals surface area contributed by atoms with Crippen LogP contribution in [0.1, 0.15) is 17.7 Å². The topological polar surface area (TPSA) is 127 Å². The van der Waals surface area contributed by atoms with Crippen LogP contribution in [0, 0.1) is 0 Å². The number of amides is 2. The predicted molar refractivity (Wildman–Crippen MR) is 146 cm³/mol. The second-order valence-corrected chi connectivity index (χ2v) is 9.82. The summed E-state index contributed by atoms with van der Waals surface area (Å²) < 4.78 is 11.4. The number of alkyl carbamates (subject to hydrolysis) is 1. The predicted octanol–water partition coefficient (Wildman–Crippen LogP) is 4.18. The summed E-state index contributed by atoms with van der Waals surface area (Å²) in [6.07, 6.45) is 1.46. The number of benzene rings is 2. The minimum atomic E-state index is -0.891. The highest BCUT2D eigenvalue weighted by atomic mass is 79.9. The maximum atomic E-state index is 13.1. The highest BCUT2D eigenvalue weighted by Gasteiger charge is 2.26. The molecule has 5 rings (SSSR count). The summed E-state index contributed by atoms with van der Waals surface area (Å²) in [5.41, 5.74) is 3.27. The minimum absolute atomic E-state index is 0.0193. The van der Waals surface area contributed by atoms with E-state index in [2.05, 4.69) is 41.7 Å². The number of carbonyl (C=O) groups is 2. The zero-order valence-corrected chi connectivity index (χ0v) is 22.2. The van der Waals surface area contributed by atoms with Crippen LogP contribution in [0.25, 0.3) is 21.8 Å². The van der Waals surface area contributed by atoms with Crippen LogP contribution in [-0.2, 0) is 27.4 Å². The Morgan fingerprint density at radius 2 is 2.05 bits per heavy atom. The summed E-state index contributed by atoms with van der Waals surface area (Å²) >= 11 is 3.29. The van der Waals surface area contributed by atoms with Gasteiger partial charge in [-0.3, -0.25) is 9.78 Å². The monoisotopic (exact) mass is 579 g/mol. The molecule has 1 aliphatic rings. The van der Waals surface area contributed by atoms with Gasteiger partial charge in [0, 0.05) is 46.6 Å². The standard InChI is InChI=1S/C27H26BrN5O5/c1-36-20-6-7-23-18(10-20)9-19(31-23)11-24(26(34)30-14-21-12-25(28)33-38-21)32-27(35)37-15-16-8-17-4-2-3-5-22(17)29-13-16/h2-10,13,21,24,31H,11-12,14-15H2,1H3,(H,30,34)(H,32,35)/t21-,24?/m1/s1. The number of rotatable bonds is 9. The number of halogens is 1. The normalized spacial score (nSPS) is 15.5. The average Bonchev–Trinajstić information content (AvgIpc) is 3.54. The van der Waals surface area contributed by atoms with Crippen molar-refractivity contribution in [2.24, 2.45) is 5.16 Å². The van der Waals surface area contributed by atoms with E-state index in [-0.39, 0.29) is 31.6 Å². The Morgan fingerprint density at radius 1 is 1.18 bits per heavy atom. The summed E-state index contributed by atoms with van der Waals surface area (Å²) in [5, 5.41) is 11.3. The number of carbonyl (C=O) groups excluding carboxylic acids is 2. The molecule has 3 N–H and O–H groups in total. The molecule has 1 aliphatic heterocycles. The molecule has 2 atom stereocenters. The van der Waals surface area contributed by atoms with Gasteiger partial charge in [-0.15, -0.1) is 0 Å². The first-order chi connectivity index (χ1) is 18.5. The second-order valence-electron chi connectivity index (χ2n) is 8.91. The molecular weight excluding hydrogens is 554 g/mol. The van der Waals surface area contributed by atoms with Gasteiger partial charge >= 0.3 is 6.09 Å². The summed E-state index contributed by atoms with van der Waals surface area (Å²) in [6.45, 7) is 0.267. The molecule has 0 bridgehead atoms. The van der Waals surface area contributed by atoms with Crippen molar-refractivity contribution < 1.29 is 23.9 Å². The first-order valence-electron chi connectivity index (χ1n) is 12.1. The van der Waals surface area contributed by atoms with E-state index in [9.17, 15) is 9.59 Å². The Kier molecular flexibility index (Phi) is 7.73. The first kappa shape index (κ1) is 25.5. The number of methoxy groups -OCH3 is 1. The first-order valence-corrected chi connectivity index (χ1v) is 12.8. The molecule has 4 aromatic rings. The lowest BCUT2D eigenvalue weighted by Crippen LogP contribution is -2.49. The van der Waals surface area contributed by atoms with Crippen molar-refractivity contribution in [2.45, 2.75) is 31.6 Å². The number of oxime groups is 1. The average molecular weight is 580 g/mol. The number of fused-ring (bicyclic) bond motifs is 2. The van der Waals surface area contributed by atoms with Gasteiger partial charge in [0.25, 0.3) is 0 Å². The summed E-state index contributed by atoms with van der Waals surface area (Å²) in [7, 11) is 1.61. The number of aromatic nitrogens is 2. The molecular formula is C27H26BrN5O5. The Hall–Kier alpha value is -4.12. The number of hydrogen-bond donors (Lipinski definition) is 3. The number of aromatic amines is 1. The Balaban J connectivity index is 1.25. The van der Waals surface area contributed by atoms with Gasteiger partial charge in [0.2, 0.25) is 5.91 Å². The van der Waals surface area contributed by atoms with Crippen LogP contribution in [-0.4, -0.2) is 52.4 Å². The molecule has 0 aliphatic carbocycles. The fraction of sp³-hybridized carbons (Fsp3) is 0.259. The van der Waals surface area contributed by atoms with Crippen LogP contribution >= 0.6 is 15.9 Å². The van der Waals surface area contributed by atoms with Crippen molar-refractivity contribution in [2.75, 3.05) is 13.7 Å². The Bertz CT molecular complexity index is 1500. The van der Waals surface area contributed by atoms with Crippen molar-refractivity contribution in [1.29, 1.82) is 0 Å². The number of pyridine rings is 1. The third kappa shape index (κ3) is 6.23. The lowest BCUT2D eigenvalue weighted by Gasteiger charge is -2.19. The van der Waals surface area contributed by atoms with E-state index in [0.29, 0.717) is 11.0 Å². The number of H-pyrrole nitrogens is 1. The second kappa shape index (κ2) is 11.5. The van der Waals surface area contributed by atoms with E-state index in [1.54, 1.807) is 13.3 Å². The van der Waals surface area contributed by atoms with E-state index < -0.39 is 12.1 Å². The van der Waals surface area contributed by atoms with Crippen LogP contribution in [0.2, 0.25) is 0 Å². The summed E-state index contributed by atoms with van der Waals surface area (Å²) in [6, 6.07) is 16.3. The molecule has 38 heavy (non-hydrogen) atoms. The smallest absolute Gasteiger partial charge is 0.408 e. The minimum Gasteiger partial charge on any atom is -0.497 e. The van der Waals surface area contributed by atoms with E-state index in [1.165, 1.54) is 0 Å². The number of ether oxygens (including phenoxy) is 2. The lowest BCUT2D eigenvalue weighted by molar-refractivity contribution is -0.123. The van der Waals surface area contributed by atoms with Gasteiger partial charge in [-0.1, -0.05) is 23.4 Å². The van der Waals surface area contributed by atoms with Crippen molar-refractivity contribution in [3.05, 3.63) is 72.1 Å². The fourth-order valence-electron chi connectivity index (χ4n) is 4.21. The number of nitrogens with zero attached hydrogens (tertiary/aromatic N) is 2. The summed E-state index contributed by atoms with van der Waals surface area (Å²) in [5.74, 6) is 0.365. The maximum absolute atomic E-state index is 13.1. The molecule has 196 valence electrons. The number of para-hydroxylation sites is 1. The van der Waals surface area contributed by atoms with E-state index >= 15 is 0 Å². The van der Waals surface area contributed by atoms with E-state index in [1.807, 2.05) is 54.6 Å². The quantitative estimate of drug-likeness (QED) is 0.273. The number of nitrogens with one attached hydrogen (secondary N) is 3. The van der Waals surface area contributed by atoms with Crippen molar-refractivity contribution in [1.82, 2.24) is 20.6 Å². The van der Waals surface area contributed by atoms with Gasteiger partial charge in [-0.2, -0.15) is 0 Å². The third-order valence-corrected chi connectivity index (χ3v) is 6.60. The van der Waals surface area contributed by atoms with Gasteiger partial charge in [0.05, 0.1) is 19.2 Å². The third-order valence-electron chi connectivity index (χ3n) is 6.13. The van der Waals surface area contributed by atoms with Gasteiger partial charge in [-0.25, -0.2) is 4.79 Å². The van der Waals surface area contributed by atoms with Crippen LogP contribution < -0.4 is 15.4 Å². The number of hydrogen-bond acceptors (Lipinski definition) is 7. The zero-order chi connectivity index (χ0) is 26.5. The van der Waals surface area contributed by atoms with Gasteiger partial charge < -0.3 is 29.9 Å². The largest absolute Gasteiger partial charge is 0.497 e. The highest BCUT2D eigenvalue weighted by molar-refractivity contribution is 9.18. The molecule has 0 radical (unpaired) electrons. The summed E-state index contributed by atoms with van der Waals surface area (Å²) in [4.78, 5) is 38.8. The van der Waals surface area contributed by atoms with Crippen LogP contribution in [0.4, 0.5) is 4.79 Å². The van der Waals surface area contributed by atoms with Crippen LogP contribution in [0.15, 0.2) is 65.9 Å².